The zero-order valence-corrected chi connectivity index (χ0v) is 12.5. The van der Waals surface area contributed by atoms with Crippen LogP contribution in [0.4, 0.5) is 5.69 Å². The minimum atomic E-state index is -3.76. The highest BCUT2D eigenvalue weighted by atomic mass is 35.5. The molecule has 0 spiro atoms. The monoisotopic (exact) mass is 315 g/mol. The highest BCUT2D eigenvalue weighted by Crippen LogP contribution is 2.29. The number of halogens is 1. The van der Waals surface area contributed by atoms with Gasteiger partial charge in [-0.15, -0.1) is 0 Å². The lowest BCUT2D eigenvalue weighted by Gasteiger charge is -2.12. The third kappa shape index (κ3) is 3.23. The van der Waals surface area contributed by atoms with Crippen molar-refractivity contribution in [2.45, 2.75) is 18.9 Å². The predicted molar refractivity (Wildman–Crippen MR) is 76.8 cm³/mol. The highest BCUT2D eigenvalue weighted by Gasteiger charge is 2.19. The molecule has 20 heavy (non-hydrogen) atoms. The molecule has 1 heterocycles. The van der Waals surface area contributed by atoms with Gasteiger partial charge in [0.2, 0.25) is 0 Å². The molecule has 0 radical (unpaired) electrons. The van der Waals surface area contributed by atoms with Gasteiger partial charge in [-0.05, 0) is 32.0 Å². The first-order chi connectivity index (χ1) is 9.42. The summed E-state index contributed by atoms with van der Waals surface area (Å²) in [4.78, 5) is 6.54. The Kier molecular flexibility index (Phi) is 4.20. The van der Waals surface area contributed by atoms with E-state index in [9.17, 15) is 8.42 Å². The van der Waals surface area contributed by atoms with E-state index in [-0.39, 0.29) is 10.7 Å². The average Bonchev–Trinajstić information content (AvgIpc) is 2.80. The van der Waals surface area contributed by atoms with Crippen molar-refractivity contribution in [2.24, 2.45) is 0 Å². The van der Waals surface area contributed by atoms with Crippen LogP contribution in [0.2, 0.25) is 5.02 Å². The molecule has 0 saturated heterocycles. The number of rotatable bonds is 5. The molecule has 0 unspecified atom stereocenters. The fourth-order valence-electron chi connectivity index (χ4n) is 1.60. The van der Waals surface area contributed by atoms with Crippen molar-refractivity contribution in [3.63, 3.8) is 0 Å². The number of aromatic amines is 1. The number of aromatic nitrogens is 2. The first-order valence-electron chi connectivity index (χ1n) is 5.89. The molecule has 1 aromatic heterocycles. The summed E-state index contributed by atoms with van der Waals surface area (Å²) in [7, 11) is -3.76. The molecule has 108 valence electrons. The van der Waals surface area contributed by atoms with Crippen molar-refractivity contribution in [1.29, 1.82) is 0 Å². The van der Waals surface area contributed by atoms with Crippen molar-refractivity contribution in [2.75, 3.05) is 11.3 Å². The van der Waals surface area contributed by atoms with Gasteiger partial charge in [0, 0.05) is 5.02 Å². The number of anilines is 1. The number of aryl methyl sites for hydroxylation is 1. The van der Waals surface area contributed by atoms with Crippen molar-refractivity contribution in [3.05, 3.63) is 35.2 Å². The molecule has 8 heteroatoms. The lowest BCUT2D eigenvalue weighted by molar-refractivity contribution is 0.342. The van der Waals surface area contributed by atoms with Crippen LogP contribution >= 0.6 is 11.6 Å². The van der Waals surface area contributed by atoms with Crippen molar-refractivity contribution >= 4 is 27.3 Å². The van der Waals surface area contributed by atoms with E-state index in [0.717, 1.165) is 0 Å². The molecule has 1 aromatic carbocycles. The number of imidazole rings is 1. The summed E-state index contributed by atoms with van der Waals surface area (Å²) in [5.74, 6) is 0.929. The van der Waals surface area contributed by atoms with E-state index in [1.807, 2.05) is 6.92 Å². The van der Waals surface area contributed by atoms with Crippen molar-refractivity contribution in [1.82, 2.24) is 9.97 Å². The van der Waals surface area contributed by atoms with Gasteiger partial charge >= 0.3 is 0 Å². The number of ether oxygens (including phenoxy) is 1. The molecule has 0 fully saturated rings. The summed E-state index contributed by atoms with van der Waals surface area (Å²) in [6, 6.07) is 4.74. The van der Waals surface area contributed by atoms with Crippen LogP contribution in [0, 0.1) is 6.92 Å². The molecule has 0 aliphatic heterocycles. The Morgan fingerprint density at radius 1 is 1.45 bits per heavy atom. The number of hydrogen-bond donors (Lipinski definition) is 2. The first-order valence-corrected chi connectivity index (χ1v) is 7.75. The van der Waals surface area contributed by atoms with Gasteiger partial charge in [0.05, 0.1) is 18.5 Å². The third-order valence-corrected chi connectivity index (χ3v) is 3.97. The summed E-state index contributed by atoms with van der Waals surface area (Å²) in [5.41, 5.74) is 0.284. The Hall–Kier alpha value is -1.73. The van der Waals surface area contributed by atoms with E-state index in [2.05, 4.69) is 14.7 Å². The molecule has 0 atom stereocenters. The smallest absolute Gasteiger partial charge is 0.279 e. The Labute approximate surface area is 122 Å². The number of hydrogen-bond acceptors (Lipinski definition) is 4. The SMILES string of the molecule is CCOc1ccc(Cl)cc1NS(=O)(=O)c1cnc(C)[nH]1. The van der Waals surface area contributed by atoms with Gasteiger partial charge < -0.3 is 9.72 Å². The van der Waals surface area contributed by atoms with Gasteiger partial charge in [0.25, 0.3) is 10.0 Å². The normalized spacial score (nSPS) is 11.3. The largest absolute Gasteiger partial charge is 0.492 e. The first kappa shape index (κ1) is 14.7. The molecular formula is C12H14ClN3O3S. The molecule has 0 amide bonds. The molecule has 2 N–H and O–H groups in total. The second kappa shape index (κ2) is 5.72. The Morgan fingerprint density at radius 3 is 2.80 bits per heavy atom. The van der Waals surface area contributed by atoms with Crippen molar-refractivity contribution in [3.8, 4) is 5.75 Å². The second-order valence-corrected chi connectivity index (χ2v) is 6.10. The van der Waals surface area contributed by atoms with Crippen molar-refractivity contribution < 1.29 is 13.2 Å². The molecule has 0 aliphatic carbocycles. The van der Waals surface area contributed by atoms with E-state index < -0.39 is 10.0 Å². The zero-order valence-electron chi connectivity index (χ0n) is 11.0. The fraction of sp³-hybridized carbons (Fsp3) is 0.250. The Balaban J connectivity index is 2.36. The molecule has 6 nitrogen and oxygen atoms in total. The lowest BCUT2D eigenvalue weighted by Crippen LogP contribution is -2.14. The third-order valence-electron chi connectivity index (χ3n) is 2.45. The van der Waals surface area contributed by atoms with E-state index in [0.29, 0.717) is 23.2 Å². The summed E-state index contributed by atoms with van der Waals surface area (Å²) in [6.45, 7) is 3.90. The van der Waals surface area contributed by atoms with Crippen LogP contribution in [0.25, 0.3) is 0 Å². The number of nitrogens with one attached hydrogen (secondary N) is 2. The van der Waals surface area contributed by atoms with E-state index in [4.69, 9.17) is 16.3 Å². The van der Waals surface area contributed by atoms with Crippen LogP contribution in [-0.4, -0.2) is 25.0 Å². The van der Waals surface area contributed by atoms with Gasteiger partial charge in [-0.3, -0.25) is 4.72 Å². The van der Waals surface area contributed by atoms with Gasteiger partial charge in [0.1, 0.15) is 11.6 Å². The van der Waals surface area contributed by atoms with Crippen LogP contribution in [0.1, 0.15) is 12.7 Å². The predicted octanol–water partition coefficient (Wildman–Crippen LogP) is 2.57. The molecule has 0 saturated carbocycles. The molecule has 0 bridgehead atoms. The Bertz CT molecular complexity index is 712. The minimum Gasteiger partial charge on any atom is -0.492 e. The number of benzene rings is 1. The summed E-state index contributed by atoms with van der Waals surface area (Å²) >= 11 is 5.89. The molecule has 2 rings (SSSR count). The van der Waals surface area contributed by atoms with Gasteiger partial charge in [-0.1, -0.05) is 11.6 Å². The highest BCUT2D eigenvalue weighted by molar-refractivity contribution is 7.92. The maximum atomic E-state index is 12.2. The quantitative estimate of drug-likeness (QED) is 0.888. The van der Waals surface area contributed by atoms with Gasteiger partial charge in [-0.2, -0.15) is 8.42 Å². The summed E-state index contributed by atoms with van der Waals surface area (Å²) in [6.07, 6.45) is 1.25. The molecule has 0 aliphatic rings. The maximum absolute atomic E-state index is 12.2. The van der Waals surface area contributed by atoms with E-state index >= 15 is 0 Å². The number of sulfonamides is 1. The second-order valence-electron chi connectivity index (χ2n) is 4.01. The number of H-pyrrole nitrogens is 1. The van der Waals surface area contributed by atoms with Gasteiger partial charge in [-0.25, -0.2) is 4.98 Å². The minimum absolute atomic E-state index is 0.0163. The summed E-state index contributed by atoms with van der Waals surface area (Å²) in [5, 5.41) is 0.393. The average molecular weight is 316 g/mol. The van der Waals surface area contributed by atoms with Crippen LogP contribution in [0.15, 0.2) is 29.4 Å². The lowest BCUT2D eigenvalue weighted by atomic mass is 10.3. The fourth-order valence-corrected chi connectivity index (χ4v) is 2.80. The van der Waals surface area contributed by atoms with Crippen LogP contribution in [-0.2, 0) is 10.0 Å². The zero-order chi connectivity index (χ0) is 14.8. The van der Waals surface area contributed by atoms with E-state index in [1.54, 1.807) is 19.1 Å². The summed E-state index contributed by atoms with van der Waals surface area (Å²) < 4.78 is 32.2. The van der Waals surface area contributed by atoms with Crippen LogP contribution < -0.4 is 9.46 Å². The van der Waals surface area contributed by atoms with Crippen LogP contribution in [0.3, 0.4) is 0 Å². The van der Waals surface area contributed by atoms with Crippen LogP contribution in [0.5, 0.6) is 5.75 Å². The topological polar surface area (TPSA) is 84.1 Å². The standard InChI is InChI=1S/C12H14ClN3O3S/c1-3-19-11-5-4-9(13)6-10(11)16-20(17,18)12-7-14-8(2)15-12/h4-7,16H,3H2,1-2H3,(H,14,15). The van der Waals surface area contributed by atoms with Gasteiger partial charge in [0.15, 0.2) is 5.03 Å². The molecular weight excluding hydrogens is 302 g/mol. The number of nitrogens with zero attached hydrogens (tertiary/aromatic N) is 1. The van der Waals surface area contributed by atoms with E-state index in [1.165, 1.54) is 12.3 Å². The Morgan fingerprint density at radius 2 is 2.20 bits per heavy atom. The molecule has 2 aromatic rings. The maximum Gasteiger partial charge on any atom is 0.279 e.